The molecule has 0 spiro atoms. The zero-order chi connectivity index (χ0) is 13.8. The molecule has 1 aromatic heterocycles. The van der Waals surface area contributed by atoms with Gasteiger partial charge in [-0.1, -0.05) is 31.3 Å². The van der Waals surface area contributed by atoms with Gasteiger partial charge in [-0.25, -0.2) is 4.39 Å². The summed E-state index contributed by atoms with van der Waals surface area (Å²) in [5, 5.41) is 13.2. The third kappa shape index (κ3) is 3.16. The van der Waals surface area contributed by atoms with E-state index in [2.05, 4.69) is 29.4 Å². The minimum absolute atomic E-state index is 0.199. The topological polar surface area (TPSA) is 37.8 Å². The fourth-order valence-corrected chi connectivity index (χ4v) is 2.96. The number of hydrogen-bond acceptors (Lipinski definition) is 4. The van der Waals surface area contributed by atoms with Crippen LogP contribution in [0, 0.1) is 12.7 Å². The second kappa shape index (κ2) is 6.21. The predicted molar refractivity (Wildman–Crippen MR) is 76.7 cm³/mol. The van der Waals surface area contributed by atoms with Crippen molar-refractivity contribution in [2.45, 2.75) is 33.2 Å². The van der Waals surface area contributed by atoms with Crippen molar-refractivity contribution >= 4 is 11.3 Å². The first kappa shape index (κ1) is 14.1. The van der Waals surface area contributed by atoms with Gasteiger partial charge in [-0.15, -0.1) is 10.2 Å². The molecule has 0 saturated carbocycles. The normalized spacial score (nSPS) is 12.6. The van der Waals surface area contributed by atoms with Gasteiger partial charge in [-0.05, 0) is 37.6 Å². The summed E-state index contributed by atoms with van der Waals surface area (Å²) in [6, 6.07) is 5.38. The predicted octanol–water partition coefficient (Wildman–Crippen LogP) is 3.71. The Bertz CT molecular complexity index is 553. The van der Waals surface area contributed by atoms with Gasteiger partial charge >= 0.3 is 0 Å². The van der Waals surface area contributed by atoms with Gasteiger partial charge in [-0.2, -0.15) is 0 Å². The summed E-state index contributed by atoms with van der Waals surface area (Å²) in [4.78, 5) is 0. The lowest BCUT2D eigenvalue weighted by Gasteiger charge is -2.10. The van der Waals surface area contributed by atoms with Crippen LogP contribution in [0.25, 0.3) is 10.6 Å². The van der Waals surface area contributed by atoms with Crippen LogP contribution in [-0.2, 0) is 0 Å². The number of aryl methyl sites for hydroxylation is 1. The molecule has 102 valence electrons. The first-order valence-corrected chi connectivity index (χ1v) is 7.30. The van der Waals surface area contributed by atoms with Gasteiger partial charge in [0, 0.05) is 5.56 Å². The summed E-state index contributed by atoms with van der Waals surface area (Å²) >= 11 is 1.45. The van der Waals surface area contributed by atoms with Crippen LogP contribution in [0.3, 0.4) is 0 Å². The molecule has 1 N–H and O–H groups in total. The van der Waals surface area contributed by atoms with E-state index in [1.54, 1.807) is 6.07 Å². The highest BCUT2D eigenvalue weighted by molar-refractivity contribution is 7.14. The van der Waals surface area contributed by atoms with Crippen molar-refractivity contribution in [2.24, 2.45) is 0 Å². The number of benzene rings is 1. The average Bonchev–Trinajstić information content (AvgIpc) is 2.85. The molecule has 5 heteroatoms. The molecule has 1 unspecified atom stereocenters. The third-order valence-corrected chi connectivity index (χ3v) is 4.02. The number of rotatable bonds is 5. The summed E-state index contributed by atoms with van der Waals surface area (Å²) in [6.07, 6.45) is 0.943. The molecule has 1 atom stereocenters. The molecule has 0 fully saturated rings. The molecular formula is C14H18FN3S. The number of hydrogen-bond donors (Lipinski definition) is 1. The van der Waals surface area contributed by atoms with Crippen molar-refractivity contribution in [3.05, 3.63) is 34.6 Å². The zero-order valence-corrected chi connectivity index (χ0v) is 12.2. The molecule has 0 bridgehead atoms. The van der Waals surface area contributed by atoms with Crippen LogP contribution in [0.2, 0.25) is 0 Å². The van der Waals surface area contributed by atoms with E-state index >= 15 is 0 Å². The molecular weight excluding hydrogens is 261 g/mol. The van der Waals surface area contributed by atoms with E-state index in [4.69, 9.17) is 0 Å². The maximum Gasteiger partial charge on any atom is 0.150 e. The Morgan fingerprint density at radius 1 is 1.32 bits per heavy atom. The van der Waals surface area contributed by atoms with E-state index < -0.39 is 0 Å². The number of nitrogens with zero attached hydrogens (tertiary/aromatic N) is 2. The van der Waals surface area contributed by atoms with Gasteiger partial charge < -0.3 is 5.32 Å². The molecule has 0 radical (unpaired) electrons. The van der Waals surface area contributed by atoms with Gasteiger partial charge in [0.15, 0.2) is 5.01 Å². The van der Waals surface area contributed by atoms with Gasteiger partial charge in [0.25, 0.3) is 0 Å². The smallest absolute Gasteiger partial charge is 0.150 e. The van der Waals surface area contributed by atoms with Crippen LogP contribution in [0.4, 0.5) is 4.39 Å². The lowest BCUT2D eigenvalue weighted by atomic mass is 10.1. The molecule has 0 aliphatic rings. The first-order valence-electron chi connectivity index (χ1n) is 6.49. The van der Waals surface area contributed by atoms with Crippen molar-refractivity contribution in [3.63, 3.8) is 0 Å². The molecule has 2 rings (SSSR count). The molecule has 0 aliphatic carbocycles. The maximum atomic E-state index is 13.9. The molecule has 19 heavy (non-hydrogen) atoms. The fraction of sp³-hybridized carbons (Fsp3) is 0.429. The van der Waals surface area contributed by atoms with Gasteiger partial charge in [-0.3, -0.25) is 0 Å². The van der Waals surface area contributed by atoms with E-state index in [1.807, 2.05) is 13.0 Å². The van der Waals surface area contributed by atoms with Crippen LogP contribution >= 0.6 is 11.3 Å². The second-order valence-electron chi connectivity index (χ2n) is 4.45. The third-order valence-electron chi connectivity index (χ3n) is 2.95. The van der Waals surface area contributed by atoms with Crippen LogP contribution in [-0.4, -0.2) is 16.7 Å². The monoisotopic (exact) mass is 279 g/mol. The summed E-state index contributed by atoms with van der Waals surface area (Å²) in [7, 11) is 0. The van der Waals surface area contributed by atoms with Gasteiger partial charge in [0.2, 0.25) is 0 Å². The highest BCUT2D eigenvalue weighted by Crippen LogP contribution is 2.30. The minimum atomic E-state index is -0.237. The molecule has 1 heterocycles. The lowest BCUT2D eigenvalue weighted by molar-refractivity contribution is 0.531. The van der Waals surface area contributed by atoms with E-state index in [0.29, 0.717) is 10.6 Å². The Morgan fingerprint density at radius 2 is 2.11 bits per heavy atom. The van der Waals surface area contributed by atoms with Crippen molar-refractivity contribution in [3.8, 4) is 10.6 Å². The van der Waals surface area contributed by atoms with Crippen LogP contribution < -0.4 is 5.32 Å². The zero-order valence-electron chi connectivity index (χ0n) is 11.4. The average molecular weight is 279 g/mol. The molecule has 0 aliphatic heterocycles. The van der Waals surface area contributed by atoms with Crippen LogP contribution in [0.15, 0.2) is 18.2 Å². The molecule has 2 aromatic rings. The Morgan fingerprint density at radius 3 is 2.74 bits per heavy atom. The largest absolute Gasteiger partial charge is 0.308 e. The van der Waals surface area contributed by atoms with Gasteiger partial charge in [0.05, 0.1) is 6.04 Å². The minimum Gasteiger partial charge on any atom is -0.308 e. The summed E-state index contributed by atoms with van der Waals surface area (Å²) < 4.78 is 13.9. The Labute approximate surface area is 116 Å². The standard InChI is InChI=1S/C14H18FN3S/c1-4-12(16-5-2)14-18-17-13(19-14)10-7-6-9(3)8-11(10)15/h6-8,12,16H,4-5H2,1-3H3. The van der Waals surface area contributed by atoms with E-state index in [9.17, 15) is 4.39 Å². The molecule has 1 aromatic carbocycles. The molecule has 0 amide bonds. The maximum absolute atomic E-state index is 13.9. The molecule has 0 saturated heterocycles. The van der Waals surface area contributed by atoms with Crippen molar-refractivity contribution in [1.29, 1.82) is 0 Å². The van der Waals surface area contributed by atoms with E-state index in [1.165, 1.54) is 17.4 Å². The van der Waals surface area contributed by atoms with E-state index in [-0.39, 0.29) is 11.9 Å². The second-order valence-corrected chi connectivity index (χ2v) is 5.46. The van der Waals surface area contributed by atoms with Gasteiger partial charge in [0.1, 0.15) is 10.8 Å². The van der Waals surface area contributed by atoms with Crippen LogP contribution in [0.5, 0.6) is 0 Å². The number of halogens is 1. The first-order chi connectivity index (χ1) is 9.15. The van der Waals surface area contributed by atoms with Crippen molar-refractivity contribution in [1.82, 2.24) is 15.5 Å². The molecule has 3 nitrogen and oxygen atoms in total. The SMILES string of the molecule is CCNC(CC)c1nnc(-c2ccc(C)cc2F)s1. The van der Waals surface area contributed by atoms with E-state index in [0.717, 1.165) is 23.5 Å². The van der Waals surface area contributed by atoms with Crippen molar-refractivity contribution < 1.29 is 4.39 Å². The highest BCUT2D eigenvalue weighted by Gasteiger charge is 2.16. The summed E-state index contributed by atoms with van der Waals surface area (Å²) in [5.74, 6) is -0.237. The lowest BCUT2D eigenvalue weighted by Crippen LogP contribution is -2.19. The number of aromatic nitrogens is 2. The highest BCUT2D eigenvalue weighted by atomic mass is 32.1. The summed E-state index contributed by atoms with van der Waals surface area (Å²) in [6.45, 7) is 6.91. The summed E-state index contributed by atoms with van der Waals surface area (Å²) in [5.41, 5.74) is 1.44. The Balaban J connectivity index is 2.29. The fourth-order valence-electron chi connectivity index (χ4n) is 1.93. The quantitative estimate of drug-likeness (QED) is 0.906. The van der Waals surface area contributed by atoms with Crippen molar-refractivity contribution in [2.75, 3.05) is 6.54 Å². The number of nitrogens with one attached hydrogen (secondary N) is 1. The van der Waals surface area contributed by atoms with Crippen LogP contribution in [0.1, 0.15) is 36.9 Å². The Kier molecular flexibility index (Phi) is 4.61. The Hall–Kier alpha value is -1.33.